The first-order valence-corrected chi connectivity index (χ1v) is 14.8. The normalized spacial score (nSPS) is 14.8. The van der Waals surface area contributed by atoms with Crippen LogP contribution in [-0.4, -0.2) is 29.2 Å². The third kappa shape index (κ3) is 5.78. The van der Waals surface area contributed by atoms with Crippen molar-refractivity contribution in [3.05, 3.63) is 112 Å². The Bertz CT molecular complexity index is 1950. The Balaban J connectivity index is 1.70. The van der Waals surface area contributed by atoms with Crippen LogP contribution in [0.5, 0.6) is 5.75 Å². The summed E-state index contributed by atoms with van der Waals surface area (Å²) >= 11 is 7.56. The smallest absolute Gasteiger partial charge is 0.338 e. The molecule has 4 aromatic rings. The molecule has 12 heteroatoms. The van der Waals surface area contributed by atoms with Crippen LogP contribution >= 0.6 is 22.9 Å². The lowest BCUT2D eigenvalue weighted by Gasteiger charge is -2.27. The van der Waals surface area contributed by atoms with Crippen LogP contribution < -0.4 is 19.6 Å². The van der Waals surface area contributed by atoms with Gasteiger partial charge in [0, 0.05) is 34.4 Å². The number of thiazole rings is 1. The Hall–Kier alpha value is -4.48. The van der Waals surface area contributed by atoms with E-state index in [2.05, 4.69) is 0 Å². The number of hydrogen-bond acceptors (Lipinski definition) is 9. The summed E-state index contributed by atoms with van der Waals surface area (Å²) in [5.41, 5.74) is 2.24. The van der Waals surface area contributed by atoms with Crippen molar-refractivity contribution in [2.45, 2.75) is 39.7 Å². The van der Waals surface area contributed by atoms with Crippen molar-refractivity contribution in [1.82, 2.24) is 4.57 Å². The fourth-order valence-corrected chi connectivity index (χ4v) is 6.21. The number of nitrogens with zero attached hydrogens (tertiary/aromatic N) is 3. The van der Waals surface area contributed by atoms with E-state index in [9.17, 15) is 19.7 Å². The number of rotatable bonds is 9. The third-order valence-electron chi connectivity index (χ3n) is 6.98. The first-order valence-electron chi connectivity index (χ1n) is 13.6. The lowest BCUT2D eigenvalue weighted by Crippen LogP contribution is -2.40. The molecule has 10 nitrogen and oxygen atoms in total. The fourth-order valence-electron chi connectivity index (χ4n) is 5.03. The van der Waals surface area contributed by atoms with Crippen molar-refractivity contribution < 1.29 is 23.6 Å². The van der Waals surface area contributed by atoms with E-state index in [1.165, 1.54) is 23.8 Å². The number of allylic oxidation sites excluding steroid dienone is 1. The van der Waals surface area contributed by atoms with Crippen LogP contribution in [0, 0.1) is 17.0 Å². The quantitative estimate of drug-likeness (QED) is 0.133. The van der Waals surface area contributed by atoms with Crippen molar-refractivity contribution in [3.8, 4) is 17.1 Å². The summed E-state index contributed by atoms with van der Waals surface area (Å²) < 4.78 is 18.9. The molecule has 222 valence electrons. The number of esters is 1. The van der Waals surface area contributed by atoms with Gasteiger partial charge in [-0.05, 0) is 56.2 Å². The van der Waals surface area contributed by atoms with Gasteiger partial charge in [0.2, 0.25) is 0 Å². The third-order valence-corrected chi connectivity index (χ3v) is 8.19. The van der Waals surface area contributed by atoms with Crippen LogP contribution in [0.1, 0.15) is 49.6 Å². The van der Waals surface area contributed by atoms with Crippen molar-refractivity contribution in [3.63, 3.8) is 0 Å². The number of aromatic nitrogens is 1. The van der Waals surface area contributed by atoms with Crippen LogP contribution in [0.2, 0.25) is 5.02 Å². The van der Waals surface area contributed by atoms with E-state index in [0.29, 0.717) is 61.3 Å². The lowest BCUT2D eigenvalue weighted by molar-refractivity contribution is -0.384. The topological polar surface area (TPSA) is 126 Å². The molecule has 2 aromatic heterocycles. The van der Waals surface area contributed by atoms with Crippen LogP contribution in [0.15, 0.2) is 74.0 Å². The highest BCUT2D eigenvalue weighted by Crippen LogP contribution is 2.38. The molecule has 0 aliphatic carbocycles. The Morgan fingerprint density at radius 3 is 2.70 bits per heavy atom. The van der Waals surface area contributed by atoms with E-state index < -0.39 is 22.5 Å². The summed E-state index contributed by atoms with van der Waals surface area (Å²) in [6.45, 7) is 5.68. The van der Waals surface area contributed by atoms with E-state index in [1.54, 1.807) is 49.4 Å². The van der Waals surface area contributed by atoms with Gasteiger partial charge in [-0.3, -0.25) is 19.5 Å². The molecular weight excluding hydrogens is 594 g/mol. The van der Waals surface area contributed by atoms with Gasteiger partial charge < -0.3 is 13.9 Å². The SMILES string of the molecule is CCCC1=C(C(=O)OCC)[C@H](c2cc(Cl)ccc2OC)n2c(s/c(=C/c3ccc(-c4cc([N+](=O)[O-])ccc4C)o3)c2=O)=N1. The number of furan rings is 1. The summed E-state index contributed by atoms with van der Waals surface area (Å²) in [7, 11) is 1.51. The minimum atomic E-state index is -0.896. The molecule has 1 aliphatic rings. The standard InChI is InChI=1S/C31H28ClN3O7S/c1-5-7-23-27(30(37)41-6-2)28(22-14-18(32)9-12-24(22)40-4)34-29(36)26(43-31(34)33-23)16-20-11-13-25(42-20)21-15-19(35(38)39)10-8-17(21)3/h8-16,28H,5-7H2,1-4H3/b26-16+/t28-/m0/s1. The number of carbonyl (C=O) groups excluding carboxylic acids is 1. The molecule has 0 amide bonds. The zero-order valence-electron chi connectivity index (χ0n) is 23.9. The number of nitro benzene ring substituents is 1. The van der Waals surface area contributed by atoms with Gasteiger partial charge in [-0.1, -0.05) is 42.3 Å². The van der Waals surface area contributed by atoms with Gasteiger partial charge in [-0.25, -0.2) is 9.79 Å². The molecule has 0 saturated carbocycles. The molecule has 0 N–H and O–H groups in total. The van der Waals surface area contributed by atoms with E-state index >= 15 is 0 Å². The number of benzene rings is 2. The zero-order chi connectivity index (χ0) is 30.8. The van der Waals surface area contributed by atoms with Gasteiger partial charge in [-0.2, -0.15) is 0 Å². The summed E-state index contributed by atoms with van der Waals surface area (Å²) in [5, 5.41) is 11.7. The van der Waals surface area contributed by atoms with Crippen LogP contribution in [-0.2, 0) is 9.53 Å². The molecule has 0 bridgehead atoms. The molecule has 0 unspecified atom stereocenters. The predicted octanol–water partition coefficient (Wildman–Crippen LogP) is 5.72. The van der Waals surface area contributed by atoms with E-state index in [4.69, 9.17) is 30.5 Å². The maximum absolute atomic E-state index is 14.0. The molecule has 0 spiro atoms. The number of carbonyl (C=O) groups is 1. The minimum Gasteiger partial charge on any atom is -0.496 e. The molecule has 3 heterocycles. The minimum absolute atomic E-state index is 0.0522. The second kappa shape index (κ2) is 12.4. The Labute approximate surface area is 255 Å². The maximum Gasteiger partial charge on any atom is 0.338 e. The number of halogens is 1. The van der Waals surface area contributed by atoms with Gasteiger partial charge in [-0.15, -0.1) is 0 Å². The first kappa shape index (κ1) is 30.0. The molecule has 1 atom stereocenters. The predicted molar refractivity (Wildman–Crippen MR) is 163 cm³/mol. The molecule has 2 aromatic carbocycles. The van der Waals surface area contributed by atoms with Gasteiger partial charge in [0.05, 0.1) is 34.4 Å². The van der Waals surface area contributed by atoms with E-state index in [1.807, 2.05) is 13.8 Å². The number of aryl methyl sites for hydroxylation is 1. The number of methoxy groups -OCH3 is 1. The second-order valence-corrected chi connectivity index (χ2v) is 11.2. The molecule has 1 aliphatic heterocycles. The Kier molecular flexibility index (Phi) is 8.65. The highest BCUT2D eigenvalue weighted by Gasteiger charge is 2.36. The van der Waals surface area contributed by atoms with Gasteiger partial charge in [0.15, 0.2) is 4.80 Å². The van der Waals surface area contributed by atoms with Gasteiger partial charge >= 0.3 is 5.97 Å². The maximum atomic E-state index is 14.0. The summed E-state index contributed by atoms with van der Waals surface area (Å²) in [6.07, 6.45) is 2.80. The van der Waals surface area contributed by atoms with Crippen LogP contribution in [0.25, 0.3) is 17.4 Å². The molecular formula is C31H28ClN3O7S. The first-order chi connectivity index (χ1) is 20.7. The summed E-state index contributed by atoms with van der Waals surface area (Å²) in [4.78, 5) is 43.5. The number of hydrogen-bond donors (Lipinski definition) is 0. The molecule has 0 radical (unpaired) electrons. The highest BCUT2D eigenvalue weighted by atomic mass is 35.5. The average Bonchev–Trinajstić information content (AvgIpc) is 3.56. The van der Waals surface area contributed by atoms with Crippen molar-refractivity contribution in [1.29, 1.82) is 0 Å². The Morgan fingerprint density at radius 2 is 2.00 bits per heavy atom. The second-order valence-electron chi connectivity index (χ2n) is 9.76. The molecule has 5 rings (SSSR count). The van der Waals surface area contributed by atoms with Crippen molar-refractivity contribution in [2.24, 2.45) is 4.99 Å². The highest BCUT2D eigenvalue weighted by molar-refractivity contribution is 7.07. The zero-order valence-corrected chi connectivity index (χ0v) is 25.5. The number of non-ortho nitro benzene ring substituents is 1. The van der Waals surface area contributed by atoms with Crippen molar-refractivity contribution >= 4 is 40.7 Å². The summed E-state index contributed by atoms with van der Waals surface area (Å²) in [6, 6.07) is 12.1. The Morgan fingerprint density at radius 1 is 1.21 bits per heavy atom. The monoisotopic (exact) mass is 621 g/mol. The fraction of sp³-hybridized carbons (Fsp3) is 0.258. The lowest BCUT2D eigenvalue weighted by atomic mass is 9.93. The van der Waals surface area contributed by atoms with Gasteiger partial charge in [0.1, 0.15) is 23.3 Å². The number of ether oxygens (including phenoxy) is 2. The van der Waals surface area contributed by atoms with E-state index in [-0.39, 0.29) is 17.9 Å². The van der Waals surface area contributed by atoms with Crippen molar-refractivity contribution in [2.75, 3.05) is 13.7 Å². The van der Waals surface area contributed by atoms with Crippen LogP contribution in [0.3, 0.4) is 0 Å². The average molecular weight is 622 g/mol. The largest absolute Gasteiger partial charge is 0.496 e. The van der Waals surface area contributed by atoms with E-state index in [0.717, 1.165) is 16.9 Å². The van der Waals surface area contributed by atoms with Gasteiger partial charge in [0.25, 0.3) is 11.2 Å². The summed E-state index contributed by atoms with van der Waals surface area (Å²) in [5.74, 6) is 0.684. The number of nitro groups is 1. The molecule has 0 fully saturated rings. The molecule has 0 saturated heterocycles. The van der Waals surface area contributed by atoms with Crippen LogP contribution in [0.4, 0.5) is 5.69 Å². The molecule has 43 heavy (non-hydrogen) atoms. The number of fused-ring (bicyclic) bond motifs is 1.